The van der Waals surface area contributed by atoms with Crippen LogP contribution in [0.1, 0.15) is 16.1 Å². The summed E-state index contributed by atoms with van der Waals surface area (Å²) in [4.78, 5) is 12.9. The number of rotatable bonds is 6. The van der Waals surface area contributed by atoms with Gasteiger partial charge in [0.25, 0.3) is 5.91 Å². The van der Waals surface area contributed by atoms with E-state index in [-0.39, 0.29) is 22.1 Å². The Kier molecular flexibility index (Phi) is 7.85. The molecule has 0 bridgehead atoms. The van der Waals surface area contributed by atoms with Gasteiger partial charge < -0.3 is 24.1 Å². The van der Waals surface area contributed by atoms with Crippen molar-refractivity contribution in [3.63, 3.8) is 0 Å². The maximum absolute atomic E-state index is 12.9. The molecule has 174 valence electrons. The van der Waals surface area contributed by atoms with Crippen LogP contribution >= 0.6 is 35.4 Å². The van der Waals surface area contributed by atoms with E-state index in [2.05, 4.69) is 21.3 Å². The van der Waals surface area contributed by atoms with Gasteiger partial charge in [-0.15, -0.1) is 0 Å². The van der Waals surface area contributed by atoms with E-state index in [0.717, 1.165) is 0 Å². The molecular formula is C21H20Cl2N4O5S. The third-order valence-electron chi connectivity index (χ3n) is 4.50. The standard InChI is InChI=1S/C21H20Cl2N4O5S/c1-10-16(18(27-32-10)17-12(22)6-5-7-13(17)23)20(28)25-26-21(33)24-11-8-14(29-2)19(31-4)15(9-11)30-3/h5-9H,1-4H3,(H,25,28)(H2,24,26,33). The molecule has 1 heterocycles. The smallest absolute Gasteiger partial charge is 0.275 e. The average molecular weight is 511 g/mol. The molecule has 3 aromatic rings. The number of methoxy groups -OCH3 is 3. The molecule has 2 aromatic carbocycles. The van der Waals surface area contributed by atoms with Gasteiger partial charge in [0.1, 0.15) is 17.0 Å². The maximum Gasteiger partial charge on any atom is 0.275 e. The zero-order chi connectivity index (χ0) is 24.1. The van der Waals surface area contributed by atoms with Crippen LogP contribution < -0.4 is 30.4 Å². The molecule has 0 atom stereocenters. The largest absolute Gasteiger partial charge is 0.493 e. The summed E-state index contributed by atoms with van der Waals surface area (Å²) in [6.45, 7) is 1.60. The lowest BCUT2D eigenvalue weighted by atomic mass is 10.1. The van der Waals surface area contributed by atoms with Crippen LogP contribution in [0.3, 0.4) is 0 Å². The number of thiocarbonyl (C=S) groups is 1. The fourth-order valence-corrected chi connectivity index (χ4v) is 3.77. The number of benzene rings is 2. The lowest BCUT2D eigenvalue weighted by Gasteiger charge is -2.16. The van der Waals surface area contributed by atoms with Crippen LogP contribution in [0.5, 0.6) is 17.2 Å². The van der Waals surface area contributed by atoms with Crippen LogP contribution in [0.15, 0.2) is 34.9 Å². The molecule has 0 spiro atoms. The van der Waals surface area contributed by atoms with Crippen molar-refractivity contribution >= 4 is 52.1 Å². The predicted octanol–water partition coefficient (Wildman–Crippen LogP) is 4.61. The van der Waals surface area contributed by atoms with Crippen molar-refractivity contribution < 1.29 is 23.5 Å². The molecule has 0 saturated carbocycles. The first-order chi connectivity index (χ1) is 15.8. The van der Waals surface area contributed by atoms with E-state index < -0.39 is 5.91 Å². The molecule has 33 heavy (non-hydrogen) atoms. The second-order valence-corrected chi connectivity index (χ2v) is 7.73. The number of amides is 1. The first kappa shape index (κ1) is 24.4. The Labute approximate surface area is 205 Å². The van der Waals surface area contributed by atoms with Crippen molar-refractivity contribution in [1.29, 1.82) is 0 Å². The Morgan fingerprint density at radius 1 is 1.03 bits per heavy atom. The number of aryl methyl sites for hydroxylation is 1. The zero-order valence-electron chi connectivity index (χ0n) is 18.0. The van der Waals surface area contributed by atoms with Gasteiger partial charge in [-0.1, -0.05) is 34.4 Å². The summed E-state index contributed by atoms with van der Waals surface area (Å²) < 4.78 is 21.1. The normalized spacial score (nSPS) is 10.4. The molecule has 1 aromatic heterocycles. The van der Waals surface area contributed by atoms with Crippen LogP contribution in [-0.2, 0) is 0 Å². The zero-order valence-corrected chi connectivity index (χ0v) is 20.4. The van der Waals surface area contributed by atoms with Gasteiger partial charge in [-0.05, 0) is 31.3 Å². The van der Waals surface area contributed by atoms with E-state index in [9.17, 15) is 4.79 Å². The summed E-state index contributed by atoms with van der Waals surface area (Å²) >= 11 is 17.8. The number of nitrogens with one attached hydrogen (secondary N) is 3. The van der Waals surface area contributed by atoms with Crippen LogP contribution in [-0.4, -0.2) is 37.5 Å². The number of hydrazine groups is 1. The number of hydrogen-bond donors (Lipinski definition) is 3. The van der Waals surface area contributed by atoms with Crippen LogP contribution in [0.2, 0.25) is 10.0 Å². The molecule has 12 heteroatoms. The van der Waals surface area contributed by atoms with Crippen LogP contribution in [0.4, 0.5) is 5.69 Å². The predicted molar refractivity (Wildman–Crippen MR) is 130 cm³/mol. The minimum absolute atomic E-state index is 0.101. The van der Waals surface area contributed by atoms with Crippen molar-refractivity contribution in [3.8, 4) is 28.5 Å². The number of nitrogens with zero attached hydrogens (tertiary/aromatic N) is 1. The number of carbonyl (C=O) groups excluding carboxylic acids is 1. The third kappa shape index (κ3) is 5.24. The summed E-state index contributed by atoms with van der Waals surface area (Å²) in [5.41, 5.74) is 6.45. The van der Waals surface area contributed by atoms with Crippen molar-refractivity contribution in [2.24, 2.45) is 0 Å². The minimum atomic E-state index is -0.547. The van der Waals surface area contributed by atoms with E-state index in [0.29, 0.717) is 38.5 Å². The lowest BCUT2D eigenvalue weighted by molar-refractivity contribution is 0.0943. The summed E-state index contributed by atoms with van der Waals surface area (Å²) in [5.74, 6) is 1.05. The van der Waals surface area contributed by atoms with Gasteiger partial charge in [0.15, 0.2) is 16.6 Å². The van der Waals surface area contributed by atoms with Crippen molar-refractivity contribution in [2.75, 3.05) is 26.6 Å². The molecule has 1 amide bonds. The van der Waals surface area contributed by atoms with Gasteiger partial charge in [0.05, 0.1) is 31.4 Å². The van der Waals surface area contributed by atoms with E-state index in [1.54, 1.807) is 37.3 Å². The fourth-order valence-electron chi connectivity index (χ4n) is 3.03. The number of anilines is 1. The lowest BCUT2D eigenvalue weighted by Crippen LogP contribution is -2.44. The molecule has 3 rings (SSSR count). The number of carbonyl (C=O) groups is 1. The SMILES string of the molecule is COc1cc(NC(=S)NNC(=O)c2c(-c3c(Cl)cccc3Cl)noc2C)cc(OC)c1OC. The Bertz CT molecular complexity index is 1160. The average Bonchev–Trinajstić information content (AvgIpc) is 3.17. The summed E-state index contributed by atoms with van der Waals surface area (Å²) in [6.07, 6.45) is 0. The second-order valence-electron chi connectivity index (χ2n) is 6.51. The Morgan fingerprint density at radius 3 is 2.18 bits per heavy atom. The van der Waals surface area contributed by atoms with Gasteiger partial charge >= 0.3 is 0 Å². The van der Waals surface area contributed by atoms with E-state index in [1.165, 1.54) is 21.3 Å². The third-order valence-corrected chi connectivity index (χ3v) is 5.34. The molecule has 0 aliphatic carbocycles. The fraction of sp³-hybridized carbons (Fsp3) is 0.190. The molecule has 0 fully saturated rings. The van der Waals surface area contributed by atoms with Gasteiger partial charge in [-0.2, -0.15) is 0 Å². The molecule has 0 aliphatic heterocycles. The topological polar surface area (TPSA) is 107 Å². The van der Waals surface area contributed by atoms with E-state index in [1.807, 2.05) is 0 Å². The van der Waals surface area contributed by atoms with Crippen LogP contribution in [0.25, 0.3) is 11.3 Å². The number of halogens is 2. The molecule has 0 radical (unpaired) electrons. The van der Waals surface area contributed by atoms with Crippen molar-refractivity contribution in [2.45, 2.75) is 6.92 Å². The number of hydrogen-bond acceptors (Lipinski definition) is 7. The maximum atomic E-state index is 12.9. The Balaban J connectivity index is 1.75. The van der Waals surface area contributed by atoms with Crippen LogP contribution in [0, 0.1) is 6.92 Å². The van der Waals surface area contributed by atoms with Crippen molar-refractivity contribution in [1.82, 2.24) is 16.0 Å². The Hall–Kier alpha value is -3.21. The summed E-state index contributed by atoms with van der Waals surface area (Å²) in [5, 5.41) is 7.65. The van der Waals surface area contributed by atoms with Crippen molar-refractivity contribution in [3.05, 3.63) is 51.7 Å². The highest BCUT2D eigenvalue weighted by Crippen LogP contribution is 2.40. The molecule has 0 saturated heterocycles. The molecule has 9 nitrogen and oxygen atoms in total. The van der Waals surface area contributed by atoms with Gasteiger partial charge in [-0.25, -0.2) is 0 Å². The monoisotopic (exact) mass is 510 g/mol. The highest BCUT2D eigenvalue weighted by molar-refractivity contribution is 7.80. The summed E-state index contributed by atoms with van der Waals surface area (Å²) in [7, 11) is 4.51. The van der Waals surface area contributed by atoms with Gasteiger partial charge in [0.2, 0.25) is 5.75 Å². The first-order valence-corrected chi connectivity index (χ1v) is 10.5. The molecular weight excluding hydrogens is 491 g/mol. The Morgan fingerprint density at radius 2 is 1.64 bits per heavy atom. The summed E-state index contributed by atoms with van der Waals surface area (Å²) in [6, 6.07) is 8.31. The van der Waals surface area contributed by atoms with E-state index in [4.69, 9.17) is 54.2 Å². The molecule has 0 unspecified atom stereocenters. The quantitative estimate of drug-likeness (QED) is 0.323. The van der Waals surface area contributed by atoms with Gasteiger partial charge in [-0.3, -0.25) is 15.6 Å². The van der Waals surface area contributed by atoms with Gasteiger partial charge in [0, 0.05) is 23.4 Å². The molecule has 0 aliphatic rings. The first-order valence-electron chi connectivity index (χ1n) is 9.38. The van der Waals surface area contributed by atoms with E-state index >= 15 is 0 Å². The number of aromatic nitrogens is 1. The molecule has 3 N–H and O–H groups in total. The highest BCUT2D eigenvalue weighted by Gasteiger charge is 2.25. The minimum Gasteiger partial charge on any atom is -0.493 e. The highest BCUT2D eigenvalue weighted by atomic mass is 35.5. The number of ether oxygens (including phenoxy) is 3. The second kappa shape index (κ2) is 10.6.